The van der Waals surface area contributed by atoms with E-state index < -0.39 is 6.43 Å². The van der Waals surface area contributed by atoms with Crippen LogP contribution in [0.5, 0.6) is 0 Å². The molecule has 0 aromatic carbocycles. The first-order valence-electron chi connectivity index (χ1n) is 7.75. The monoisotopic (exact) mass is 331 g/mol. The highest BCUT2D eigenvalue weighted by Gasteiger charge is 2.19. The summed E-state index contributed by atoms with van der Waals surface area (Å²) in [7, 11) is 0. The van der Waals surface area contributed by atoms with Crippen molar-refractivity contribution in [2.45, 2.75) is 25.2 Å². The molecule has 0 aliphatic carbocycles. The van der Waals surface area contributed by atoms with Gasteiger partial charge in [0.05, 0.1) is 11.9 Å². The molecule has 3 aromatic heterocycles. The van der Waals surface area contributed by atoms with Gasteiger partial charge in [-0.05, 0) is 31.0 Å². The maximum Gasteiger partial charge on any atom is 0.282 e. The molecule has 1 saturated heterocycles. The summed E-state index contributed by atoms with van der Waals surface area (Å²) >= 11 is 0. The Morgan fingerprint density at radius 1 is 1.12 bits per heavy atom. The van der Waals surface area contributed by atoms with Crippen LogP contribution in [0.4, 0.5) is 8.78 Å². The van der Waals surface area contributed by atoms with E-state index in [1.165, 1.54) is 23.0 Å². The zero-order chi connectivity index (χ0) is 16.5. The minimum Gasteiger partial charge on any atom is -0.381 e. The summed E-state index contributed by atoms with van der Waals surface area (Å²) in [5.74, 6) is 0.323. The number of fused-ring (bicyclic) bond motifs is 1. The van der Waals surface area contributed by atoms with Crippen molar-refractivity contribution < 1.29 is 13.5 Å². The van der Waals surface area contributed by atoms with Crippen molar-refractivity contribution in [1.29, 1.82) is 0 Å². The van der Waals surface area contributed by atoms with E-state index in [-0.39, 0.29) is 5.69 Å². The van der Waals surface area contributed by atoms with Crippen LogP contribution in [0.25, 0.3) is 17.0 Å². The van der Waals surface area contributed by atoms with Gasteiger partial charge < -0.3 is 4.74 Å². The molecular weight excluding hydrogens is 316 g/mol. The van der Waals surface area contributed by atoms with Gasteiger partial charge in [0.25, 0.3) is 6.43 Å². The van der Waals surface area contributed by atoms with Crippen LogP contribution >= 0.6 is 0 Å². The molecule has 0 N–H and O–H groups in total. The van der Waals surface area contributed by atoms with Gasteiger partial charge in [-0.25, -0.2) is 28.2 Å². The van der Waals surface area contributed by atoms with Crippen molar-refractivity contribution in [3.05, 3.63) is 42.1 Å². The van der Waals surface area contributed by atoms with Crippen LogP contribution in [0.1, 0.15) is 36.6 Å². The molecule has 0 bridgehead atoms. The number of rotatable bonds is 3. The van der Waals surface area contributed by atoms with Crippen LogP contribution < -0.4 is 0 Å². The van der Waals surface area contributed by atoms with E-state index in [2.05, 4.69) is 20.1 Å². The van der Waals surface area contributed by atoms with Gasteiger partial charge in [-0.15, -0.1) is 0 Å². The van der Waals surface area contributed by atoms with Gasteiger partial charge in [-0.2, -0.15) is 5.10 Å². The average molecular weight is 331 g/mol. The van der Waals surface area contributed by atoms with Crippen molar-refractivity contribution in [1.82, 2.24) is 24.6 Å². The molecule has 0 saturated carbocycles. The lowest BCUT2D eigenvalue weighted by Crippen LogP contribution is -2.15. The van der Waals surface area contributed by atoms with Crippen LogP contribution in [0.2, 0.25) is 0 Å². The van der Waals surface area contributed by atoms with E-state index in [1.807, 2.05) is 6.07 Å². The quantitative estimate of drug-likeness (QED) is 0.738. The third-order valence-corrected chi connectivity index (χ3v) is 4.20. The SMILES string of the molecule is FC(F)c1ccc2ncc(-c3cc(C4CCOCC4)ncn3)n2n1. The molecule has 0 amide bonds. The smallest absolute Gasteiger partial charge is 0.282 e. The predicted molar refractivity (Wildman–Crippen MR) is 81.8 cm³/mol. The Kier molecular flexibility index (Phi) is 3.89. The molecule has 6 nitrogen and oxygen atoms in total. The molecule has 1 aliphatic heterocycles. The van der Waals surface area contributed by atoms with Crippen LogP contribution in [0, 0.1) is 0 Å². The molecule has 124 valence electrons. The number of aromatic nitrogens is 5. The van der Waals surface area contributed by atoms with E-state index in [4.69, 9.17) is 4.74 Å². The second-order valence-electron chi connectivity index (χ2n) is 5.69. The Balaban J connectivity index is 1.75. The standard InChI is InChI=1S/C16H15F2N5O/c17-16(18)11-1-2-15-19-8-14(23(15)22-11)13-7-12(20-9-21-13)10-3-5-24-6-4-10/h1-2,7-10,16H,3-6H2. The Morgan fingerprint density at radius 3 is 2.75 bits per heavy atom. The molecule has 0 radical (unpaired) electrons. The molecule has 1 fully saturated rings. The number of hydrogen-bond acceptors (Lipinski definition) is 5. The summed E-state index contributed by atoms with van der Waals surface area (Å²) in [6.07, 6.45) is 2.28. The van der Waals surface area contributed by atoms with Gasteiger partial charge in [0.2, 0.25) is 0 Å². The normalized spacial score (nSPS) is 16.1. The fourth-order valence-corrected chi connectivity index (χ4v) is 2.91. The highest BCUT2D eigenvalue weighted by atomic mass is 19.3. The number of hydrogen-bond donors (Lipinski definition) is 0. The lowest BCUT2D eigenvalue weighted by molar-refractivity contribution is 0.0845. The third-order valence-electron chi connectivity index (χ3n) is 4.20. The number of nitrogens with zero attached hydrogens (tertiary/aromatic N) is 5. The maximum atomic E-state index is 12.9. The molecule has 8 heteroatoms. The van der Waals surface area contributed by atoms with Crippen LogP contribution in [-0.4, -0.2) is 37.8 Å². The molecule has 0 atom stereocenters. The van der Waals surface area contributed by atoms with Gasteiger partial charge in [-0.1, -0.05) is 0 Å². The largest absolute Gasteiger partial charge is 0.381 e. The average Bonchev–Trinajstić information content (AvgIpc) is 3.05. The molecule has 4 rings (SSSR count). The fraction of sp³-hybridized carbons (Fsp3) is 0.375. The van der Waals surface area contributed by atoms with Crippen molar-refractivity contribution >= 4 is 5.65 Å². The number of alkyl halides is 2. The van der Waals surface area contributed by atoms with Gasteiger partial charge in [0.15, 0.2) is 5.65 Å². The van der Waals surface area contributed by atoms with Gasteiger partial charge in [0.1, 0.15) is 17.7 Å². The minimum atomic E-state index is -2.63. The first-order chi connectivity index (χ1) is 11.7. The van der Waals surface area contributed by atoms with Gasteiger partial charge in [0, 0.05) is 24.8 Å². The van der Waals surface area contributed by atoms with E-state index in [0.717, 1.165) is 31.7 Å². The van der Waals surface area contributed by atoms with E-state index in [9.17, 15) is 8.78 Å². The van der Waals surface area contributed by atoms with Crippen molar-refractivity contribution in [2.24, 2.45) is 0 Å². The molecule has 3 aromatic rings. The Morgan fingerprint density at radius 2 is 1.96 bits per heavy atom. The molecule has 1 aliphatic rings. The summed E-state index contributed by atoms with van der Waals surface area (Å²) in [4.78, 5) is 12.8. The van der Waals surface area contributed by atoms with Gasteiger partial charge >= 0.3 is 0 Å². The third kappa shape index (κ3) is 2.73. The predicted octanol–water partition coefficient (Wildman–Crippen LogP) is 3.02. The van der Waals surface area contributed by atoms with Crippen molar-refractivity contribution in [3.8, 4) is 11.4 Å². The zero-order valence-corrected chi connectivity index (χ0v) is 12.8. The van der Waals surface area contributed by atoms with Crippen LogP contribution in [0.15, 0.2) is 30.7 Å². The molecule has 0 unspecified atom stereocenters. The maximum absolute atomic E-state index is 12.9. The highest BCUT2D eigenvalue weighted by molar-refractivity contribution is 5.59. The fourth-order valence-electron chi connectivity index (χ4n) is 2.91. The van der Waals surface area contributed by atoms with E-state index in [0.29, 0.717) is 23.0 Å². The second-order valence-corrected chi connectivity index (χ2v) is 5.69. The second kappa shape index (κ2) is 6.20. The molecule has 4 heterocycles. The summed E-state index contributed by atoms with van der Waals surface area (Å²) in [5, 5.41) is 3.98. The number of halogens is 2. The summed E-state index contributed by atoms with van der Waals surface area (Å²) < 4.78 is 32.6. The van der Waals surface area contributed by atoms with Crippen molar-refractivity contribution in [3.63, 3.8) is 0 Å². The molecule has 24 heavy (non-hydrogen) atoms. The van der Waals surface area contributed by atoms with Crippen molar-refractivity contribution in [2.75, 3.05) is 13.2 Å². The highest BCUT2D eigenvalue weighted by Crippen LogP contribution is 2.28. The number of imidazole rings is 1. The summed E-state index contributed by atoms with van der Waals surface area (Å²) in [6, 6.07) is 4.69. The van der Waals surface area contributed by atoms with Crippen LogP contribution in [0.3, 0.4) is 0 Å². The van der Waals surface area contributed by atoms with E-state index >= 15 is 0 Å². The summed E-state index contributed by atoms with van der Waals surface area (Å²) in [5.41, 5.74) is 2.34. The topological polar surface area (TPSA) is 65.2 Å². The first kappa shape index (κ1) is 15.1. The van der Waals surface area contributed by atoms with Crippen LogP contribution in [-0.2, 0) is 4.74 Å². The Bertz CT molecular complexity index is 861. The molecular formula is C16H15F2N5O. The summed E-state index contributed by atoms with van der Waals surface area (Å²) in [6.45, 7) is 1.44. The number of ether oxygens (including phenoxy) is 1. The lowest BCUT2D eigenvalue weighted by atomic mass is 9.96. The molecule has 0 spiro atoms. The first-order valence-corrected chi connectivity index (χ1v) is 7.75. The van der Waals surface area contributed by atoms with Gasteiger partial charge in [-0.3, -0.25) is 0 Å². The zero-order valence-electron chi connectivity index (χ0n) is 12.8. The van der Waals surface area contributed by atoms with E-state index in [1.54, 1.807) is 6.20 Å². The Labute approximate surface area is 136 Å². The Hall–Kier alpha value is -2.48. The minimum absolute atomic E-state index is 0.291. The lowest BCUT2D eigenvalue weighted by Gasteiger charge is -2.21.